The maximum atomic E-state index is 12.4. The molecule has 2 heterocycles. The fourth-order valence-electron chi connectivity index (χ4n) is 1.98. The third kappa shape index (κ3) is 1.89. The summed E-state index contributed by atoms with van der Waals surface area (Å²) in [5.41, 5.74) is 1.67. The van der Waals surface area contributed by atoms with Gasteiger partial charge in [0.15, 0.2) is 0 Å². The van der Waals surface area contributed by atoms with Gasteiger partial charge in [-0.2, -0.15) is 9.88 Å². The van der Waals surface area contributed by atoms with Crippen LogP contribution in [0.4, 0.5) is 5.82 Å². The van der Waals surface area contributed by atoms with Gasteiger partial charge in [0, 0.05) is 6.08 Å². The van der Waals surface area contributed by atoms with Gasteiger partial charge >= 0.3 is 5.91 Å². The van der Waals surface area contributed by atoms with Gasteiger partial charge in [-0.15, -0.1) is 0 Å². The highest BCUT2D eigenvalue weighted by molar-refractivity contribution is 9.10. The quantitative estimate of drug-likeness (QED) is 0.819. The van der Waals surface area contributed by atoms with Gasteiger partial charge in [0.25, 0.3) is 0 Å². The van der Waals surface area contributed by atoms with Crippen molar-refractivity contribution in [2.45, 2.75) is 0 Å². The van der Waals surface area contributed by atoms with Gasteiger partial charge in [0.1, 0.15) is 10.8 Å². The van der Waals surface area contributed by atoms with Crippen molar-refractivity contribution in [2.24, 2.45) is 0 Å². The highest BCUT2D eigenvalue weighted by Crippen LogP contribution is 2.18. The second-order valence-electron chi connectivity index (χ2n) is 4.01. The number of benzene rings is 1. The minimum absolute atomic E-state index is 0.0104. The predicted octanol–water partition coefficient (Wildman–Crippen LogP) is 2.19. The van der Waals surface area contributed by atoms with Gasteiger partial charge in [-0.3, -0.25) is 0 Å². The summed E-state index contributed by atoms with van der Waals surface area (Å²) in [5.74, 6) is 0.759. The van der Waals surface area contributed by atoms with E-state index in [1.165, 1.54) is 0 Å². The number of aromatic nitrogens is 1. The van der Waals surface area contributed by atoms with Crippen molar-refractivity contribution in [2.75, 3.05) is 0 Å². The first-order valence-electron chi connectivity index (χ1n) is 5.57. The van der Waals surface area contributed by atoms with E-state index in [4.69, 9.17) is 0 Å². The molecule has 3 nitrogen and oxygen atoms in total. The lowest BCUT2D eigenvalue weighted by molar-refractivity contribution is -0.678. The number of carbonyl (C=O) groups excluding carboxylic acids is 1. The largest absolute Gasteiger partial charge is 0.355 e. The van der Waals surface area contributed by atoms with Crippen LogP contribution in [0.25, 0.3) is 6.08 Å². The number of quaternary nitrogens is 1. The second kappa shape index (κ2) is 4.48. The lowest BCUT2D eigenvalue weighted by atomic mass is 10.2. The predicted molar refractivity (Wildman–Crippen MR) is 72.4 cm³/mol. The average Bonchev–Trinajstić information content (AvgIpc) is 2.82. The van der Waals surface area contributed by atoms with Crippen LogP contribution < -0.4 is 4.90 Å². The Labute approximate surface area is 113 Å². The Kier molecular flexibility index (Phi) is 2.81. The molecule has 1 amide bonds. The molecule has 1 N–H and O–H groups in total. The number of hydrogen-bond donors (Lipinski definition) is 1. The van der Waals surface area contributed by atoms with Crippen LogP contribution >= 0.6 is 15.9 Å². The normalized spacial score (nSPS) is 16.6. The Morgan fingerprint density at radius 2 is 1.89 bits per heavy atom. The third-order valence-electron chi connectivity index (χ3n) is 2.86. The van der Waals surface area contributed by atoms with E-state index in [9.17, 15) is 4.79 Å². The van der Waals surface area contributed by atoms with Gasteiger partial charge in [-0.05, 0) is 40.2 Å². The van der Waals surface area contributed by atoms with E-state index in [2.05, 4.69) is 20.9 Å². The van der Waals surface area contributed by atoms with Crippen molar-refractivity contribution in [3.8, 4) is 0 Å². The fourth-order valence-corrected chi connectivity index (χ4v) is 2.29. The summed E-state index contributed by atoms with van der Waals surface area (Å²) in [6, 6.07) is 13.1. The topological polar surface area (TPSA) is 34.4 Å². The van der Waals surface area contributed by atoms with Crippen molar-refractivity contribution >= 4 is 33.7 Å². The number of pyridine rings is 1. The molecule has 3 rings (SSSR count). The molecular formula is C14H10BrN2O+. The lowest BCUT2D eigenvalue weighted by Crippen LogP contribution is -3.05. The zero-order valence-electron chi connectivity index (χ0n) is 9.43. The minimum atomic E-state index is 0.0104. The maximum Gasteiger partial charge on any atom is 0.355 e. The summed E-state index contributed by atoms with van der Waals surface area (Å²) in [5, 5.41) is 0. The first-order chi connectivity index (χ1) is 8.75. The molecule has 1 aliphatic rings. The van der Waals surface area contributed by atoms with Crippen molar-refractivity contribution in [3.63, 3.8) is 0 Å². The number of hydrogen-bond acceptors (Lipinski definition) is 2. The standard InChI is InChI=1S/C14H9BrN2O/c15-12-7-6-10-8-9-17(13(10)16-12)14(18)11-4-2-1-3-5-11/h1-9H/p+1. The van der Waals surface area contributed by atoms with Crippen molar-refractivity contribution < 1.29 is 9.69 Å². The summed E-state index contributed by atoms with van der Waals surface area (Å²) in [7, 11) is 0. The van der Waals surface area contributed by atoms with Crippen LogP contribution in [0, 0.1) is 0 Å². The van der Waals surface area contributed by atoms with Crippen LogP contribution in [0.2, 0.25) is 0 Å². The summed E-state index contributed by atoms with van der Waals surface area (Å²) in [6.45, 7) is 0. The van der Waals surface area contributed by atoms with Crippen molar-refractivity contribution in [1.82, 2.24) is 4.98 Å². The molecule has 0 fully saturated rings. The smallest absolute Gasteiger partial charge is 0.225 e. The van der Waals surface area contributed by atoms with Crippen molar-refractivity contribution in [1.29, 1.82) is 0 Å². The number of fused-ring (bicyclic) bond motifs is 1. The lowest BCUT2D eigenvalue weighted by Gasteiger charge is -2.08. The molecule has 0 saturated heterocycles. The third-order valence-corrected chi connectivity index (χ3v) is 3.30. The Morgan fingerprint density at radius 1 is 1.11 bits per heavy atom. The summed E-state index contributed by atoms with van der Waals surface area (Å²) < 4.78 is 0.739. The van der Waals surface area contributed by atoms with Gasteiger partial charge in [0.05, 0.1) is 11.1 Å². The Hall–Kier alpha value is -1.78. The minimum Gasteiger partial charge on any atom is -0.225 e. The van der Waals surface area contributed by atoms with E-state index in [-0.39, 0.29) is 5.91 Å². The number of nitrogens with zero attached hydrogens (tertiary/aromatic N) is 1. The molecule has 88 valence electrons. The Balaban J connectivity index is 2.00. The summed E-state index contributed by atoms with van der Waals surface area (Å²) in [4.78, 5) is 17.4. The van der Waals surface area contributed by atoms with E-state index in [0.717, 1.165) is 16.0 Å². The van der Waals surface area contributed by atoms with Crippen LogP contribution in [-0.2, 0) is 0 Å². The SMILES string of the molecule is O=C(c1ccccc1)[NH+]1C=Cc2ccc(Br)nc21. The molecule has 2 aromatic rings. The summed E-state index contributed by atoms with van der Waals surface area (Å²) in [6.07, 6.45) is 3.75. The molecule has 1 aromatic heterocycles. The average molecular weight is 302 g/mol. The van der Waals surface area contributed by atoms with E-state index in [1.54, 1.807) is 0 Å². The molecule has 1 aromatic carbocycles. The van der Waals surface area contributed by atoms with Crippen molar-refractivity contribution in [3.05, 3.63) is 64.4 Å². The zero-order chi connectivity index (χ0) is 12.5. The second-order valence-corrected chi connectivity index (χ2v) is 4.83. The fraction of sp³-hybridized carbons (Fsp3) is 0. The van der Waals surface area contributed by atoms with Crippen LogP contribution in [-0.4, -0.2) is 10.9 Å². The van der Waals surface area contributed by atoms with E-state index >= 15 is 0 Å². The number of rotatable bonds is 1. The Bertz CT molecular complexity index is 637. The number of carbonyl (C=O) groups is 1. The van der Waals surface area contributed by atoms with Crippen LogP contribution in [0.3, 0.4) is 0 Å². The van der Waals surface area contributed by atoms with Gasteiger partial charge in [-0.25, -0.2) is 4.79 Å². The molecule has 18 heavy (non-hydrogen) atoms. The number of nitrogens with one attached hydrogen (secondary N) is 1. The molecular weight excluding hydrogens is 292 g/mol. The molecule has 1 unspecified atom stereocenters. The van der Waals surface area contributed by atoms with E-state index < -0.39 is 0 Å². The van der Waals surface area contributed by atoms with Crippen LogP contribution in [0.5, 0.6) is 0 Å². The molecule has 0 aliphatic carbocycles. The first-order valence-corrected chi connectivity index (χ1v) is 6.37. The van der Waals surface area contributed by atoms with E-state index in [1.807, 2.05) is 54.7 Å². The van der Waals surface area contributed by atoms with Crippen LogP contribution in [0.15, 0.2) is 53.3 Å². The highest BCUT2D eigenvalue weighted by atomic mass is 79.9. The molecule has 0 bridgehead atoms. The maximum absolute atomic E-state index is 12.4. The molecule has 0 spiro atoms. The number of amides is 1. The van der Waals surface area contributed by atoms with Gasteiger partial charge < -0.3 is 0 Å². The Morgan fingerprint density at radius 3 is 2.67 bits per heavy atom. The van der Waals surface area contributed by atoms with E-state index in [0.29, 0.717) is 10.5 Å². The molecule has 0 saturated carbocycles. The van der Waals surface area contributed by atoms with Gasteiger partial charge in [0.2, 0.25) is 5.82 Å². The van der Waals surface area contributed by atoms with Crippen LogP contribution in [0.1, 0.15) is 15.9 Å². The number of halogens is 1. The zero-order valence-corrected chi connectivity index (χ0v) is 11.0. The molecule has 1 atom stereocenters. The van der Waals surface area contributed by atoms with Gasteiger partial charge in [-0.1, -0.05) is 18.2 Å². The summed E-state index contributed by atoms with van der Waals surface area (Å²) >= 11 is 3.33. The molecule has 1 aliphatic heterocycles. The highest BCUT2D eigenvalue weighted by Gasteiger charge is 2.29. The molecule has 0 radical (unpaired) electrons. The monoisotopic (exact) mass is 301 g/mol. The first kappa shape index (κ1) is 11.3. The molecule has 4 heteroatoms.